The van der Waals surface area contributed by atoms with Gasteiger partial charge in [-0.1, -0.05) is 11.2 Å². The first-order valence-electron chi connectivity index (χ1n) is 4.55. The summed E-state index contributed by atoms with van der Waals surface area (Å²) in [5.74, 6) is -0.591. The Labute approximate surface area is 89.1 Å². The van der Waals surface area contributed by atoms with E-state index in [1.807, 2.05) is 0 Å². The van der Waals surface area contributed by atoms with E-state index in [0.29, 0.717) is 16.4 Å². The molecule has 2 aromatic heterocycles. The smallest absolute Gasteiger partial charge is 0.287 e. The quantitative estimate of drug-likeness (QED) is 0.648. The highest BCUT2D eigenvalue weighted by molar-refractivity contribution is 6.10. The Morgan fingerprint density at radius 3 is 3.00 bits per heavy atom. The summed E-state index contributed by atoms with van der Waals surface area (Å²) >= 11 is 0. The molecule has 16 heavy (non-hydrogen) atoms. The molecule has 6 heteroatoms. The number of carbonyl (C=O) groups is 1. The molecule has 0 fully saturated rings. The van der Waals surface area contributed by atoms with Gasteiger partial charge in [-0.15, -0.1) is 0 Å². The molecule has 0 unspecified atom stereocenters. The van der Waals surface area contributed by atoms with Gasteiger partial charge in [0.1, 0.15) is 17.4 Å². The number of nitrogens with zero attached hydrogens (tertiary/aromatic N) is 3. The normalized spacial score (nSPS) is 11.0. The number of benzene rings is 1. The van der Waals surface area contributed by atoms with Crippen LogP contribution in [0.4, 0.5) is 0 Å². The predicted octanol–water partition coefficient (Wildman–Crippen LogP) is 0.870. The maximum absolute atomic E-state index is 11.1. The van der Waals surface area contributed by atoms with Crippen LogP contribution in [0.25, 0.3) is 21.8 Å². The molecular formula is C10H6N4O2. The van der Waals surface area contributed by atoms with Gasteiger partial charge in [-0.25, -0.2) is 9.97 Å². The van der Waals surface area contributed by atoms with E-state index in [2.05, 4.69) is 15.1 Å². The van der Waals surface area contributed by atoms with E-state index in [-0.39, 0.29) is 5.76 Å². The van der Waals surface area contributed by atoms with Crippen LogP contribution in [0.1, 0.15) is 10.6 Å². The predicted molar refractivity (Wildman–Crippen MR) is 55.6 cm³/mol. The maximum atomic E-state index is 11.1. The van der Waals surface area contributed by atoms with Gasteiger partial charge in [0.2, 0.25) is 5.76 Å². The summed E-state index contributed by atoms with van der Waals surface area (Å²) in [6, 6.07) is 3.51. The highest BCUT2D eigenvalue weighted by Crippen LogP contribution is 2.24. The van der Waals surface area contributed by atoms with Crippen LogP contribution >= 0.6 is 0 Å². The van der Waals surface area contributed by atoms with Crippen LogP contribution in [0.5, 0.6) is 0 Å². The van der Waals surface area contributed by atoms with E-state index in [9.17, 15) is 4.79 Å². The van der Waals surface area contributed by atoms with Crippen molar-refractivity contribution in [1.82, 2.24) is 15.1 Å². The van der Waals surface area contributed by atoms with Crippen molar-refractivity contribution in [2.45, 2.75) is 0 Å². The van der Waals surface area contributed by atoms with Crippen LogP contribution in [-0.2, 0) is 0 Å². The van der Waals surface area contributed by atoms with Crippen LogP contribution in [0.15, 0.2) is 29.2 Å². The molecule has 1 aromatic carbocycles. The van der Waals surface area contributed by atoms with E-state index in [1.54, 1.807) is 18.3 Å². The number of carbonyl (C=O) groups excluding carboxylic acids is 1. The summed E-state index contributed by atoms with van der Waals surface area (Å²) in [5.41, 5.74) is 6.33. The van der Waals surface area contributed by atoms with E-state index in [4.69, 9.17) is 10.3 Å². The van der Waals surface area contributed by atoms with Gasteiger partial charge in [0.05, 0.1) is 5.39 Å². The summed E-state index contributed by atoms with van der Waals surface area (Å²) in [5, 5.41) is 5.20. The van der Waals surface area contributed by atoms with Crippen molar-refractivity contribution in [1.29, 1.82) is 0 Å². The Morgan fingerprint density at radius 2 is 2.19 bits per heavy atom. The van der Waals surface area contributed by atoms with Gasteiger partial charge < -0.3 is 10.3 Å². The van der Waals surface area contributed by atoms with Crippen LogP contribution in [0.3, 0.4) is 0 Å². The first kappa shape index (κ1) is 8.78. The van der Waals surface area contributed by atoms with Gasteiger partial charge in [0, 0.05) is 11.6 Å². The molecule has 78 valence electrons. The lowest BCUT2D eigenvalue weighted by Gasteiger charge is -1.95. The van der Waals surface area contributed by atoms with Gasteiger partial charge >= 0.3 is 0 Å². The van der Waals surface area contributed by atoms with Crippen molar-refractivity contribution in [3.63, 3.8) is 0 Å². The molecule has 0 spiro atoms. The second-order valence-electron chi connectivity index (χ2n) is 3.30. The fourth-order valence-corrected chi connectivity index (χ4v) is 1.63. The van der Waals surface area contributed by atoms with Crippen molar-refractivity contribution >= 4 is 27.7 Å². The van der Waals surface area contributed by atoms with Crippen LogP contribution in [-0.4, -0.2) is 21.0 Å². The largest absolute Gasteiger partial charge is 0.363 e. The zero-order valence-corrected chi connectivity index (χ0v) is 8.04. The molecule has 2 N–H and O–H groups in total. The molecule has 6 nitrogen and oxygen atoms in total. The van der Waals surface area contributed by atoms with Crippen LogP contribution in [0.2, 0.25) is 0 Å². The van der Waals surface area contributed by atoms with Crippen molar-refractivity contribution < 1.29 is 9.32 Å². The first-order valence-corrected chi connectivity index (χ1v) is 4.55. The highest BCUT2D eigenvalue weighted by atomic mass is 16.5. The Balaban J connectivity index is 2.49. The molecule has 0 bridgehead atoms. The number of aromatic nitrogens is 3. The molecule has 3 rings (SSSR count). The average Bonchev–Trinajstić information content (AvgIpc) is 2.73. The minimum Gasteiger partial charge on any atom is -0.363 e. The Bertz CT molecular complexity index is 704. The Kier molecular flexibility index (Phi) is 1.64. The van der Waals surface area contributed by atoms with E-state index < -0.39 is 5.91 Å². The van der Waals surface area contributed by atoms with Gasteiger partial charge in [-0.05, 0) is 6.07 Å². The first-order chi connectivity index (χ1) is 7.77. The molecule has 3 aromatic rings. The number of hydrogen-bond acceptors (Lipinski definition) is 5. The average molecular weight is 214 g/mol. The minimum atomic E-state index is -0.643. The number of hydrogen-bond donors (Lipinski definition) is 1. The second kappa shape index (κ2) is 2.99. The van der Waals surface area contributed by atoms with Crippen LogP contribution in [0, 0.1) is 0 Å². The Hall–Kier alpha value is -2.50. The summed E-state index contributed by atoms with van der Waals surface area (Å²) in [6.07, 6.45) is 3.08. The van der Waals surface area contributed by atoms with Gasteiger partial charge in [0.15, 0.2) is 0 Å². The highest BCUT2D eigenvalue weighted by Gasteiger charge is 2.15. The molecule has 0 atom stereocenters. The van der Waals surface area contributed by atoms with E-state index in [0.717, 1.165) is 5.39 Å². The number of amides is 1. The molecule has 0 aliphatic rings. The zero-order chi connectivity index (χ0) is 11.1. The number of rotatable bonds is 1. The molecule has 0 saturated heterocycles. The van der Waals surface area contributed by atoms with Gasteiger partial charge in [0.25, 0.3) is 5.91 Å². The molecule has 0 aliphatic heterocycles. The molecule has 2 heterocycles. The molecule has 0 radical (unpaired) electrons. The van der Waals surface area contributed by atoms with Crippen molar-refractivity contribution in [3.8, 4) is 0 Å². The zero-order valence-electron chi connectivity index (χ0n) is 8.04. The summed E-state index contributed by atoms with van der Waals surface area (Å²) < 4.78 is 4.90. The van der Waals surface area contributed by atoms with Gasteiger partial charge in [-0.3, -0.25) is 4.79 Å². The van der Waals surface area contributed by atoms with E-state index >= 15 is 0 Å². The molecule has 1 amide bonds. The second-order valence-corrected chi connectivity index (χ2v) is 3.30. The third-order valence-electron chi connectivity index (χ3n) is 2.35. The fourth-order valence-electron chi connectivity index (χ4n) is 1.63. The molecular weight excluding hydrogens is 208 g/mol. The molecule has 0 saturated carbocycles. The number of primary amides is 1. The minimum absolute atomic E-state index is 0.0514. The SMILES string of the molecule is NC(=O)c1onc2c1ccc1cncnc12. The van der Waals surface area contributed by atoms with Crippen LogP contribution < -0.4 is 5.73 Å². The molecule has 0 aliphatic carbocycles. The van der Waals surface area contributed by atoms with Gasteiger partial charge in [-0.2, -0.15) is 0 Å². The third-order valence-corrected chi connectivity index (χ3v) is 2.35. The number of nitrogens with two attached hydrogens (primary N) is 1. The van der Waals surface area contributed by atoms with E-state index in [1.165, 1.54) is 6.33 Å². The van der Waals surface area contributed by atoms with Crippen molar-refractivity contribution in [3.05, 3.63) is 30.4 Å². The lowest BCUT2D eigenvalue weighted by atomic mass is 10.1. The summed E-state index contributed by atoms with van der Waals surface area (Å²) in [4.78, 5) is 19.1. The van der Waals surface area contributed by atoms with Crippen molar-refractivity contribution in [2.24, 2.45) is 5.73 Å². The summed E-state index contributed by atoms with van der Waals surface area (Å²) in [7, 11) is 0. The third kappa shape index (κ3) is 1.07. The Morgan fingerprint density at radius 1 is 1.31 bits per heavy atom. The maximum Gasteiger partial charge on any atom is 0.287 e. The van der Waals surface area contributed by atoms with Crippen molar-refractivity contribution in [2.75, 3.05) is 0 Å². The lowest BCUT2D eigenvalue weighted by molar-refractivity contribution is 0.0967. The topological polar surface area (TPSA) is 94.9 Å². The summed E-state index contributed by atoms with van der Waals surface area (Å²) in [6.45, 7) is 0. The lowest BCUT2D eigenvalue weighted by Crippen LogP contribution is -2.09. The standard InChI is InChI=1S/C10H6N4O2/c11-10(15)9-6-2-1-5-3-12-4-13-7(5)8(6)14-16-9/h1-4H,(H2,11,15). The monoisotopic (exact) mass is 214 g/mol. The number of fused-ring (bicyclic) bond motifs is 3. The fraction of sp³-hybridized carbons (Fsp3) is 0.